The zero-order valence-electron chi connectivity index (χ0n) is 6.39. The van der Waals surface area contributed by atoms with E-state index >= 15 is 0 Å². The minimum atomic E-state index is -0.118. The van der Waals surface area contributed by atoms with E-state index in [0.29, 0.717) is 12.1 Å². The molecule has 0 radical (unpaired) electrons. The Labute approximate surface area is 60.1 Å². The summed E-state index contributed by atoms with van der Waals surface area (Å²) in [6, 6.07) is 0. The molecule has 0 rings (SSSR count). The van der Waals surface area contributed by atoms with Crippen LogP contribution in [0.2, 0.25) is 0 Å². The highest BCUT2D eigenvalue weighted by Crippen LogP contribution is 1.98. The smallest absolute Gasteiger partial charge is 0.211 e. The van der Waals surface area contributed by atoms with Gasteiger partial charge in [-0.3, -0.25) is 9.59 Å². The second kappa shape index (κ2) is 3.82. The van der Waals surface area contributed by atoms with Gasteiger partial charge in [0.15, 0.2) is 5.78 Å². The summed E-state index contributed by atoms with van der Waals surface area (Å²) in [7, 11) is 0. The van der Waals surface area contributed by atoms with E-state index in [1.54, 1.807) is 13.8 Å². The first-order valence-electron chi connectivity index (χ1n) is 2.98. The van der Waals surface area contributed by atoms with Crippen LogP contribution < -0.4 is 5.32 Å². The molecule has 1 amide bonds. The molecular formula is C7H11NO2. The molecule has 0 aliphatic carbocycles. The number of carbonyl (C=O) groups is 2. The first-order chi connectivity index (χ1) is 4.59. The molecule has 0 saturated heterocycles. The van der Waals surface area contributed by atoms with Crippen LogP contribution in [0.3, 0.4) is 0 Å². The minimum Gasteiger partial charge on any atom is -0.326 e. The summed E-state index contributed by atoms with van der Waals surface area (Å²) in [4.78, 5) is 20.6. The second-order valence-corrected chi connectivity index (χ2v) is 2.19. The van der Waals surface area contributed by atoms with Gasteiger partial charge in [-0.2, -0.15) is 0 Å². The van der Waals surface area contributed by atoms with Crippen molar-refractivity contribution in [2.45, 2.75) is 20.8 Å². The van der Waals surface area contributed by atoms with Crippen LogP contribution in [0.1, 0.15) is 20.8 Å². The quantitative estimate of drug-likeness (QED) is 0.462. The summed E-state index contributed by atoms with van der Waals surface area (Å²) in [5, 5.41) is 2.33. The number of hydrogen-bond donors (Lipinski definition) is 1. The van der Waals surface area contributed by atoms with Gasteiger partial charge >= 0.3 is 0 Å². The van der Waals surface area contributed by atoms with Crippen molar-refractivity contribution >= 4 is 12.2 Å². The van der Waals surface area contributed by atoms with Crippen molar-refractivity contribution in [2.75, 3.05) is 0 Å². The van der Waals surface area contributed by atoms with Crippen molar-refractivity contribution in [3.05, 3.63) is 11.3 Å². The maximum Gasteiger partial charge on any atom is 0.211 e. The van der Waals surface area contributed by atoms with E-state index in [2.05, 4.69) is 5.32 Å². The third kappa shape index (κ3) is 2.44. The largest absolute Gasteiger partial charge is 0.326 e. The van der Waals surface area contributed by atoms with Gasteiger partial charge in [0.25, 0.3) is 0 Å². The average molecular weight is 141 g/mol. The van der Waals surface area contributed by atoms with Crippen LogP contribution in [-0.2, 0) is 9.59 Å². The Morgan fingerprint density at radius 1 is 1.30 bits per heavy atom. The molecule has 1 N–H and O–H groups in total. The molecule has 0 spiro atoms. The fourth-order valence-corrected chi connectivity index (χ4v) is 0.657. The van der Waals surface area contributed by atoms with Crippen molar-refractivity contribution in [3.63, 3.8) is 0 Å². The van der Waals surface area contributed by atoms with Gasteiger partial charge < -0.3 is 5.32 Å². The molecule has 0 fully saturated rings. The molecule has 0 atom stereocenters. The van der Waals surface area contributed by atoms with Crippen LogP contribution in [-0.4, -0.2) is 12.2 Å². The van der Waals surface area contributed by atoms with E-state index < -0.39 is 0 Å². The lowest BCUT2D eigenvalue weighted by Crippen LogP contribution is -2.17. The number of ketones is 1. The number of amides is 1. The molecule has 3 nitrogen and oxygen atoms in total. The third-order valence-electron chi connectivity index (χ3n) is 1.06. The van der Waals surface area contributed by atoms with Crippen LogP contribution in [0.4, 0.5) is 0 Å². The van der Waals surface area contributed by atoms with Crippen LogP contribution in [0.25, 0.3) is 0 Å². The highest BCUT2D eigenvalue weighted by atomic mass is 16.1. The predicted molar refractivity (Wildman–Crippen MR) is 38.3 cm³/mol. The van der Waals surface area contributed by atoms with Gasteiger partial charge in [-0.05, 0) is 19.4 Å². The standard InChI is InChI=1S/C7H11NO2/c1-5(2)7(6(3)10)8-4-9/h4H,1-3H3,(H,8,9). The predicted octanol–water partition coefficient (Wildman–Crippen LogP) is 0.615. The van der Waals surface area contributed by atoms with Crippen molar-refractivity contribution < 1.29 is 9.59 Å². The SMILES string of the molecule is CC(=O)C(NC=O)=C(C)C. The first kappa shape index (κ1) is 8.88. The normalized spacial score (nSPS) is 8.30. The Bertz CT molecular complexity index is 178. The first-order valence-corrected chi connectivity index (χ1v) is 2.98. The van der Waals surface area contributed by atoms with Crippen LogP contribution in [0.5, 0.6) is 0 Å². The number of carbonyl (C=O) groups excluding carboxylic acids is 2. The lowest BCUT2D eigenvalue weighted by atomic mass is 10.2. The summed E-state index contributed by atoms with van der Waals surface area (Å²) >= 11 is 0. The zero-order valence-corrected chi connectivity index (χ0v) is 6.39. The molecule has 0 aliphatic rings. The lowest BCUT2D eigenvalue weighted by Gasteiger charge is -2.01. The third-order valence-corrected chi connectivity index (χ3v) is 1.06. The number of rotatable bonds is 3. The summed E-state index contributed by atoms with van der Waals surface area (Å²) in [6.45, 7) is 4.96. The number of Topliss-reactive ketones (excluding diaryl/α,β-unsaturated/α-hetero) is 1. The highest BCUT2D eigenvalue weighted by Gasteiger charge is 2.02. The van der Waals surface area contributed by atoms with Gasteiger partial charge in [-0.15, -0.1) is 0 Å². The van der Waals surface area contributed by atoms with Crippen molar-refractivity contribution in [1.29, 1.82) is 0 Å². The summed E-state index contributed by atoms with van der Waals surface area (Å²) in [6.07, 6.45) is 0.504. The molecule has 0 aromatic carbocycles. The van der Waals surface area contributed by atoms with E-state index in [9.17, 15) is 9.59 Å². The molecule has 0 unspecified atom stereocenters. The molecular weight excluding hydrogens is 130 g/mol. The molecule has 0 heterocycles. The Hall–Kier alpha value is -1.12. The van der Waals surface area contributed by atoms with E-state index in [-0.39, 0.29) is 5.78 Å². The Morgan fingerprint density at radius 2 is 1.80 bits per heavy atom. The maximum absolute atomic E-state index is 10.7. The van der Waals surface area contributed by atoms with Gasteiger partial charge in [-0.1, -0.05) is 0 Å². The Morgan fingerprint density at radius 3 is 1.90 bits per heavy atom. The molecule has 56 valence electrons. The van der Waals surface area contributed by atoms with Crippen molar-refractivity contribution in [3.8, 4) is 0 Å². The van der Waals surface area contributed by atoms with E-state index in [0.717, 1.165) is 5.57 Å². The summed E-state index contributed by atoms with van der Waals surface area (Å²) < 4.78 is 0. The molecule has 0 aliphatic heterocycles. The maximum atomic E-state index is 10.7. The molecule has 10 heavy (non-hydrogen) atoms. The minimum absolute atomic E-state index is 0.118. The highest BCUT2D eigenvalue weighted by molar-refractivity contribution is 5.95. The Kier molecular flexibility index (Phi) is 3.39. The second-order valence-electron chi connectivity index (χ2n) is 2.19. The summed E-state index contributed by atoms with van der Waals surface area (Å²) in [5.41, 5.74) is 1.20. The molecule has 0 bridgehead atoms. The lowest BCUT2D eigenvalue weighted by molar-refractivity contribution is -0.116. The fourth-order valence-electron chi connectivity index (χ4n) is 0.657. The van der Waals surface area contributed by atoms with Crippen molar-refractivity contribution in [2.24, 2.45) is 0 Å². The zero-order chi connectivity index (χ0) is 8.15. The van der Waals surface area contributed by atoms with Crippen LogP contribution in [0.15, 0.2) is 11.3 Å². The average Bonchev–Trinajstić information content (AvgIpc) is 1.81. The number of hydrogen-bond acceptors (Lipinski definition) is 2. The molecule has 0 saturated carbocycles. The van der Waals surface area contributed by atoms with Gasteiger partial charge in [0.2, 0.25) is 6.41 Å². The van der Waals surface area contributed by atoms with Crippen LogP contribution in [0, 0.1) is 0 Å². The fraction of sp³-hybridized carbons (Fsp3) is 0.429. The van der Waals surface area contributed by atoms with Gasteiger partial charge in [0.1, 0.15) is 0 Å². The molecule has 3 heteroatoms. The number of allylic oxidation sites excluding steroid dienone is 2. The van der Waals surface area contributed by atoms with Gasteiger partial charge in [0.05, 0.1) is 5.70 Å². The molecule has 0 aromatic heterocycles. The van der Waals surface area contributed by atoms with E-state index in [1.807, 2.05) is 0 Å². The number of nitrogens with one attached hydrogen (secondary N) is 1. The molecule has 0 aromatic rings. The van der Waals surface area contributed by atoms with Crippen LogP contribution >= 0.6 is 0 Å². The Balaban J connectivity index is 4.42. The summed E-state index contributed by atoms with van der Waals surface area (Å²) in [5.74, 6) is -0.118. The van der Waals surface area contributed by atoms with E-state index in [1.165, 1.54) is 6.92 Å². The van der Waals surface area contributed by atoms with E-state index in [4.69, 9.17) is 0 Å². The van der Waals surface area contributed by atoms with Gasteiger partial charge in [-0.25, -0.2) is 0 Å². The topological polar surface area (TPSA) is 46.2 Å². The van der Waals surface area contributed by atoms with Crippen molar-refractivity contribution in [1.82, 2.24) is 5.32 Å². The monoisotopic (exact) mass is 141 g/mol. The van der Waals surface area contributed by atoms with Gasteiger partial charge in [0, 0.05) is 6.92 Å².